The number of alkyl halides is 3. The number of hydrogen-bond donors (Lipinski definition) is 1. The fourth-order valence-electron chi connectivity index (χ4n) is 4.78. The highest BCUT2D eigenvalue weighted by molar-refractivity contribution is 7.99. The number of halogens is 4. The predicted octanol–water partition coefficient (Wildman–Crippen LogP) is 5.83. The van der Waals surface area contributed by atoms with Gasteiger partial charge >= 0.3 is 6.18 Å². The number of pyridine rings is 1. The summed E-state index contributed by atoms with van der Waals surface area (Å²) in [4.78, 5) is 17.7. The zero-order chi connectivity index (χ0) is 23.8. The quantitative estimate of drug-likeness (QED) is 0.564. The topological polar surface area (TPSA) is 45.2 Å². The van der Waals surface area contributed by atoms with Gasteiger partial charge in [0.1, 0.15) is 0 Å². The summed E-state index contributed by atoms with van der Waals surface area (Å²) in [5.41, 5.74) is 4.01. The number of nitrogens with zero attached hydrogens (tertiary/aromatic N) is 2. The lowest BCUT2D eigenvalue weighted by atomic mass is 9.99. The van der Waals surface area contributed by atoms with Gasteiger partial charge in [-0.2, -0.15) is 24.9 Å². The van der Waals surface area contributed by atoms with Crippen molar-refractivity contribution in [3.8, 4) is 0 Å². The predicted molar refractivity (Wildman–Crippen MR) is 127 cm³/mol. The molecule has 1 aliphatic carbocycles. The van der Waals surface area contributed by atoms with Crippen LogP contribution in [0.15, 0.2) is 30.5 Å². The van der Waals surface area contributed by atoms with E-state index in [2.05, 4.69) is 10.3 Å². The van der Waals surface area contributed by atoms with Gasteiger partial charge in [-0.05, 0) is 79.0 Å². The monoisotopic (exact) mass is 497 g/mol. The largest absolute Gasteiger partial charge is 0.414 e. The minimum absolute atomic E-state index is 0.122. The molecule has 1 aromatic heterocycles. The van der Waals surface area contributed by atoms with E-state index >= 15 is 0 Å². The molecule has 178 valence electrons. The summed E-state index contributed by atoms with van der Waals surface area (Å²) in [5, 5.41) is 4.11. The molecule has 1 aliphatic heterocycles. The van der Waals surface area contributed by atoms with Crippen molar-refractivity contribution in [2.75, 3.05) is 23.9 Å². The molecule has 2 heterocycles. The van der Waals surface area contributed by atoms with E-state index in [9.17, 15) is 18.0 Å². The van der Waals surface area contributed by atoms with E-state index < -0.39 is 18.1 Å². The van der Waals surface area contributed by atoms with Crippen LogP contribution in [-0.4, -0.2) is 46.6 Å². The Bertz CT molecular complexity index is 1010. The van der Waals surface area contributed by atoms with Crippen LogP contribution >= 0.6 is 23.4 Å². The number of thioether (sulfide) groups is 1. The molecule has 1 saturated heterocycles. The van der Waals surface area contributed by atoms with Crippen LogP contribution in [0.25, 0.3) is 0 Å². The smallest absolute Gasteiger partial charge is 0.380 e. The van der Waals surface area contributed by atoms with Crippen molar-refractivity contribution in [3.05, 3.63) is 57.9 Å². The summed E-state index contributed by atoms with van der Waals surface area (Å²) in [5.74, 6) is 0.787. The van der Waals surface area contributed by atoms with E-state index in [1.807, 2.05) is 19.1 Å². The minimum atomic E-state index is -4.61. The molecular formula is C24H27ClF3N3OS. The summed E-state index contributed by atoms with van der Waals surface area (Å²) >= 11 is 7.96. The SMILES string of the molecule is Cc1c(Cl)ccc2c1CC(Nc1ccc(C(N(C)C(=O)C3CCSCC3)C(F)(F)F)nc1)C2. The number of amides is 1. The molecule has 1 amide bonds. The van der Waals surface area contributed by atoms with Crippen molar-refractivity contribution in [1.82, 2.24) is 9.88 Å². The highest BCUT2D eigenvalue weighted by atomic mass is 35.5. The number of fused-ring (bicyclic) bond motifs is 1. The Labute approximate surface area is 201 Å². The Kier molecular flexibility index (Phi) is 7.15. The number of nitrogens with one attached hydrogen (secondary N) is 1. The van der Waals surface area contributed by atoms with Crippen LogP contribution in [-0.2, 0) is 17.6 Å². The van der Waals surface area contributed by atoms with Crippen molar-refractivity contribution < 1.29 is 18.0 Å². The van der Waals surface area contributed by atoms with E-state index in [1.54, 1.807) is 17.8 Å². The fraction of sp³-hybridized carbons (Fsp3) is 0.500. The Morgan fingerprint density at radius 2 is 1.94 bits per heavy atom. The second-order valence-corrected chi connectivity index (χ2v) is 10.4. The maximum Gasteiger partial charge on any atom is 0.414 e. The van der Waals surface area contributed by atoms with Crippen LogP contribution in [0.3, 0.4) is 0 Å². The van der Waals surface area contributed by atoms with E-state index in [4.69, 9.17) is 11.6 Å². The van der Waals surface area contributed by atoms with Gasteiger partial charge in [-0.1, -0.05) is 17.7 Å². The van der Waals surface area contributed by atoms with Gasteiger partial charge in [0.2, 0.25) is 5.91 Å². The molecule has 0 spiro atoms. The first-order valence-corrected chi connectivity index (χ1v) is 12.6. The molecule has 1 aromatic carbocycles. The lowest BCUT2D eigenvalue weighted by molar-refractivity contribution is -0.191. The van der Waals surface area contributed by atoms with Gasteiger partial charge in [-0.15, -0.1) is 0 Å². The van der Waals surface area contributed by atoms with E-state index in [0.29, 0.717) is 18.5 Å². The van der Waals surface area contributed by atoms with Gasteiger partial charge in [0.25, 0.3) is 0 Å². The molecule has 0 saturated carbocycles. The van der Waals surface area contributed by atoms with Crippen molar-refractivity contribution in [2.24, 2.45) is 5.92 Å². The van der Waals surface area contributed by atoms with Gasteiger partial charge in [-0.25, -0.2) is 0 Å². The van der Waals surface area contributed by atoms with Gasteiger partial charge in [0.15, 0.2) is 6.04 Å². The summed E-state index contributed by atoms with van der Waals surface area (Å²) in [6.45, 7) is 2.00. The number of carbonyl (C=O) groups excluding carboxylic acids is 1. The molecule has 0 bridgehead atoms. The third-order valence-corrected chi connectivity index (χ3v) is 8.06. The third kappa shape index (κ3) is 5.27. The number of aromatic nitrogens is 1. The molecule has 4 nitrogen and oxygen atoms in total. The zero-order valence-electron chi connectivity index (χ0n) is 18.6. The van der Waals surface area contributed by atoms with Crippen molar-refractivity contribution >= 4 is 35.0 Å². The summed E-state index contributed by atoms with van der Waals surface area (Å²) in [6.07, 6.45) is -0.346. The second-order valence-electron chi connectivity index (χ2n) is 8.81. The summed E-state index contributed by atoms with van der Waals surface area (Å²) in [7, 11) is 1.24. The van der Waals surface area contributed by atoms with Crippen molar-refractivity contribution in [1.29, 1.82) is 0 Å². The molecule has 9 heteroatoms. The molecule has 1 N–H and O–H groups in total. The molecule has 1 fully saturated rings. The molecular weight excluding hydrogens is 471 g/mol. The first kappa shape index (κ1) is 24.2. The van der Waals surface area contributed by atoms with Gasteiger partial charge in [0.05, 0.1) is 17.6 Å². The maximum absolute atomic E-state index is 14.0. The number of carbonyl (C=O) groups is 1. The molecule has 0 radical (unpaired) electrons. The first-order valence-electron chi connectivity index (χ1n) is 11.1. The van der Waals surface area contributed by atoms with Crippen LogP contribution in [0.1, 0.15) is 41.3 Å². The number of anilines is 1. The summed E-state index contributed by atoms with van der Waals surface area (Å²) < 4.78 is 41.9. The number of benzene rings is 1. The standard InChI is InChI=1S/C24H27ClF3N3OS/c1-14-19-12-18(11-16(19)3-5-20(14)25)30-17-4-6-21(29-13-17)22(24(26,27)28)31(2)23(32)15-7-9-33-10-8-15/h3-6,13,15,18,22,30H,7-12H2,1-2H3. The van der Waals surface area contributed by atoms with E-state index in [-0.39, 0.29) is 17.7 Å². The average Bonchev–Trinajstić information content (AvgIpc) is 3.20. The van der Waals surface area contributed by atoms with Crippen LogP contribution in [0.4, 0.5) is 18.9 Å². The third-order valence-electron chi connectivity index (χ3n) is 6.60. The number of hydrogen-bond acceptors (Lipinski definition) is 4. The van der Waals surface area contributed by atoms with Gasteiger partial charge < -0.3 is 10.2 Å². The van der Waals surface area contributed by atoms with Crippen LogP contribution in [0.2, 0.25) is 5.02 Å². The minimum Gasteiger partial charge on any atom is -0.380 e. The highest BCUT2D eigenvalue weighted by Crippen LogP contribution is 2.38. The molecule has 2 unspecified atom stereocenters. The van der Waals surface area contributed by atoms with Crippen LogP contribution in [0.5, 0.6) is 0 Å². The Morgan fingerprint density at radius 3 is 2.58 bits per heavy atom. The van der Waals surface area contributed by atoms with Crippen LogP contribution in [0, 0.1) is 12.8 Å². The second kappa shape index (κ2) is 9.74. The summed E-state index contributed by atoms with van der Waals surface area (Å²) in [6, 6.07) is 4.96. The first-order chi connectivity index (χ1) is 15.6. The lowest BCUT2D eigenvalue weighted by Gasteiger charge is -2.33. The zero-order valence-corrected chi connectivity index (χ0v) is 20.2. The highest BCUT2D eigenvalue weighted by Gasteiger charge is 2.47. The van der Waals surface area contributed by atoms with Crippen molar-refractivity contribution in [3.63, 3.8) is 0 Å². The van der Waals surface area contributed by atoms with Crippen molar-refractivity contribution in [2.45, 2.75) is 50.9 Å². The average molecular weight is 498 g/mol. The fourth-order valence-corrected chi connectivity index (χ4v) is 6.06. The molecule has 2 atom stereocenters. The van der Waals surface area contributed by atoms with Crippen LogP contribution < -0.4 is 5.32 Å². The Hall–Kier alpha value is -1.93. The Balaban J connectivity index is 1.47. The van der Waals surface area contributed by atoms with Gasteiger partial charge in [0, 0.05) is 24.0 Å². The number of rotatable bonds is 5. The molecule has 33 heavy (non-hydrogen) atoms. The lowest BCUT2D eigenvalue weighted by Crippen LogP contribution is -2.43. The molecule has 4 rings (SSSR count). The molecule has 2 aliphatic rings. The van der Waals surface area contributed by atoms with E-state index in [1.165, 1.54) is 30.4 Å². The normalized spacial score (nSPS) is 19.8. The molecule has 2 aromatic rings. The maximum atomic E-state index is 14.0. The Morgan fingerprint density at radius 1 is 1.21 bits per heavy atom. The van der Waals surface area contributed by atoms with Gasteiger partial charge in [-0.3, -0.25) is 9.78 Å². The van der Waals surface area contributed by atoms with E-state index in [0.717, 1.165) is 39.8 Å².